The minimum absolute atomic E-state index is 0.159. The van der Waals surface area contributed by atoms with Gasteiger partial charge in [0.2, 0.25) is 17.6 Å². The highest BCUT2D eigenvalue weighted by atomic mass is 35.5. The van der Waals surface area contributed by atoms with E-state index in [1.807, 2.05) is 42.5 Å². The number of ether oxygens (including phenoxy) is 3. The highest BCUT2D eigenvalue weighted by molar-refractivity contribution is 6.36. The number of aliphatic hydroxyl groups is 1. The number of carbonyl (C=O) groups is 1. The quantitative estimate of drug-likeness (QED) is 0.133. The van der Waals surface area contributed by atoms with E-state index in [4.69, 9.17) is 42.4 Å². The third-order valence-corrected chi connectivity index (χ3v) is 11.0. The van der Waals surface area contributed by atoms with Crippen molar-refractivity contribution in [1.82, 2.24) is 20.2 Å². The maximum Gasteiger partial charge on any atom is 0.307 e. The van der Waals surface area contributed by atoms with E-state index in [0.29, 0.717) is 66.2 Å². The summed E-state index contributed by atoms with van der Waals surface area (Å²) in [6, 6.07) is 18.0. The van der Waals surface area contributed by atoms with Crippen molar-refractivity contribution < 1.29 is 29.2 Å². The molecule has 7 rings (SSSR count). The Bertz CT molecular complexity index is 1920. The van der Waals surface area contributed by atoms with Crippen molar-refractivity contribution in [3.8, 4) is 40.0 Å². The molecule has 3 heterocycles. The summed E-state index contributed by atoms with van der Waals surface area (Å²) in [6.07, 6.45) is 3.42. The zero-order valence-electron chi connectivity index (χ0n) is 28.7. The summed E-state index contributed by atoms with van der Waals surface area (Å²) in [5, 5.41) is 23.4. The molecule has 2 atom stereocenters. The number of likely N-dealkylation sites (tertiary alicyclic amines) is 1. The van der Waals surface area contributed by atoms with Gasteiger partial charge in [0.15, 0.2) is 0 Å². The van der Waals surface area contributed by atoms with Gasteiger partial charge in [-0.05, 0) is 79.9 Å². The van der Waals surface area contributed by atoms with Crippen LogP contribution in [0.15, 0.2) is 54.6 Å². The predicted molar refractivity (Wildman–Crippen MR) is 196 cm³/mol. The molecule has 2 fully saturated rings. The van der Waals surface area contributed by atoms with Crippen molar-refractivity contribution >= 4 is 29.2 Å². The first-order valence-corrected chi connectivity index (χ1v) is 18.2. The number of hydrogen-bond donors (Lipinski definition) is 3. The first-order valence-electron chi connectivity index (χ1n) is 17.4. The smallest absolute Gasteiger partial charge is 0.307 e. The number of fused-ring (bicyclic) bond motifs is 1. The molecule has 1 saturated heterocycles. The van der Waals surface area contributed by atoms with Gasteiger partial charge in [0.1, 0.15) is 11.1 Å². The number of nitrogens with one attached hydrogen (secondary N) is 1. The van der Waals surface area contributed by atoms with E-state index in [0.717, 1.165) is 76.9 Å². The van der Waals surface area contributed by atoms with Crippen LogP contribution in [-0.2, 0) is 24.3 Å². The summed E-state index contributed by atoms with van der Waals surface area (Å²) >= 11 is 13.9. The normalized spacial score (nSPS) is 21.3. The van der Waals surface area contributed by atoms with Crippen LogP contribution < -0.4 is 19.5 Å². The Morgan fingerprint density at radius 3 is 2.43 bits per heavy atom. The Balaban J connectivity index is 1.09. The number of aliphatic hydroxyl groups excluding tert-OH is 1. The molecule has 2 aliphatic carbocycles. The van der Waals surface area contributed by atoms with Gasteiger partial charge in [0, 0.05) is 41.9 Å². The molecule has 0 bridgehead atoms. The molecule has 51 heavy (non-hydrogen) atoms. The van der Waals surface area contributed by atoms with Gasteiger partial charge in [0.25, 0.3) is 0 Å². The van der Waals surface area contributed by atoms with Crippen LogP contribution in [0.3, 0.4) is 0 Å². The predicted octanol–water partition coefficient (Wildman–Crippen LogP) is 6.97. The minimum atomic E-state index is -0.770. The zero-order chi connectivity index (χ0) is 35.6. The van der Waals surface area contributed by atoms with E-state index in [1.54, 1.807) is 14.2 Å². The third-order valence-electron chi connectivity index (χ3n) is 10.3. The summed E-state index contributed by atoms with van der Waals surface area (Å²) < 4.78 is 17.8. The second-order valence-corrected chi connectivity index (χ2v) is 14.5. The van der Waals surface area contributed by atoms with Crippen LogP contribution in [0.5, 0.6) is 17.6 Å². The number of pyridine rings is 2. The highest BCUT2D eigenvalue weighted by Crippen LogP contribution is 2.45. The zero-order valence-corrected chi connectivity index (χ0v) is 30.2. The van der Waals surface area contributed by atoms with Crippen molar-refractivity contribution in [2.75, 3.05) is 33.9 Å². The standard InChI is InChI=1S/C39H42Cl2N4O6/c1-49-36-23(19-42-18-22-15-26(46)16-22)9-11-33(43-36)31-8-4-7-30(35(31)41)27-5-3-6-29-28(27)10-12-34(29)51-38-32(40)17-25(37(44-38)50-2)21-45-14-13-24(20-45)39(47)48/h3-9,11,17,22,24,26,34,42,46H,10,12-16,18-21H2,1-2H3,(H,47,48)/t22-,24-,26-,34-/m0/s1. The molecular weight excluding hydrogens is 691 g/mol. The fourth-order valence-corrected chi connectivity index (χ4v) is 8.10. The van der Waals surface area contributed by atoms with Crippen LogP contribution in [0.1, 0.15) is 54.0 Å². The van der Waals surface area contributed by atoms with Crippen molar-refractivity contribution in [3.63, 3.8) is 0 Å². The lowest BCUT2D eigenvalue weighted by Crippen LogP contribution is -2.35. The van der Waals surface area contributed by atoms with Crippen molar-refractivity contribution in [2.24, 2.45) is 11.8 Å². The molecule has 1 aliphatic heterocycles. The number of rotatable bonds is 13. The molecular formula is C39H42Cl2N4O6. The van der Waals surface area contributed by atoms with Crippen LogP contribution in [-0.4, -0.2) is 71.0 Å². The van der Waals surface area contributed by atoms with Gasteiger partial charge in [-0.2, -0.15) is 4.98 Å². The van der Waals surface area contributed by atoms with E-state index in [9.17, 15) is 15.0 Å². The SMILES string of the molecule is COc1nc(-c2cccc(-c3cccc4c3CC[C@@H]4Oc3nc(OC)c(CN4CC[C@H](C(=O)O)C4)cc3Cl)c2Cl)ccc1CNC[C@H]1C[C@H](O)C1. The Labute approximate surface area is 307 Å². The number of nitrogens with zero attached hydrogens (tertiary/aromatic N) is 3. The summed E-state index contributed by atoms with van der Waals surface area (Å²) in [6.45, 7) is 3.13. The summed E-state index contributed by atoms with van der Waals surface area (Å²) in [5.41, 5.74) is 7.45. The monoisotopic (exact) mass is 732 g/mol. The Morgan fingerprint density at radius 2 is 1.69 bits per heavy atom. The molecule has 4 aromatic rings. The molecule has 0 amide bonds. The lowest BCUT2D eigenvalue weighted by atomic mass is 9.82. The molecule has 12 heteroatoms. The number of halogens is 2. The van der Waals surface area contributed by atoms with E-state index in [-0.39, 0.29) is 18.1 Å². The maximum absolute atomic E-state index is 11.4. The van der Waals surface area contributed by atoms with Crippen molar-refractivity contribution in [2.45, 2.75) is 57.4 Å². The number of aromatic nitrogens is 2. The highest BCUT2D eigenvalue weighted by Gasteiger charge is 2.31. The van der Waals surface area contributed by atoms with Crippen molar-refractivity contribution in [3.05, 3.63) is 86.9 Å². The number of aliphatic carboxylic acids is 1. The molecule has 268 valence electrons. The fraction of sp³-hybridized carbons (Fsp3) is 0.410. The summed E-state index contributed by atoms with van der Waals surface area (Å²) in [7, 11) is 3.19. The first-order chi connectivity index (χ1) is 24.7. The molecule has 10 nitrogen and oxygen atoms in total. The van der Waals surface area contributed by atoms with Gasteiger partial charge < -0.3 is 29.7 Å². The van der Waals surface area contributed by atoms with Gasteiger partial charge >= 0.3 is 5.97 Å². The van der Waals surface area contributed by atoms with Crippen molar-refractivity contribution in [1.29, 1.82) is 0 Å². The lowest BCUT2D eigenvalue weighted by Gasteiger charge is -2.31. The number of hydrogen-bond acceptors (Lipinski definition) is 9. The van der Waals surface area contributed by atoms with Crippen LogP contribution in [0.25, 0.3) is 22.4 Å². The number of carboxylic acids is 1. The largest absolute Gasteiger partial charge is 0.481 e. The lowest BCUT2D eigenvalue weighted by molar-refractivity contribution is -0.141. The van der Waals surface area contributed by atoms with E-state index in [1.165, 1.54) is 0 Å². The molecule has 0 unspecified atom stereocenters. The molecule has 2 aromatic carbocycles. The number of benzene rings is 2. The maximum atomic E-state index is 11.4. The van der Waals surface area contributed by atoms with Crippen LogP contribution in [0, 0.1) is 11.8 Å². The van der Waals surface area contributed by atoms with Crippen LogP contribution in [0.2, 0.25) is 10.0 Å². The van der Waals surface area contributed by atoms with Gasteiger partial charge in [-0.3, -0.25) is 9.69 Å². The Kier molecular flexibility index (Phi) is 10.7. The molecule has 3 aliphatic rings. The number of methoxy groups -OCH3 is 2. The van der Waals surface area contributed by atoms with Gasteiger partial charge in [-0.1, -0.05) is 65.7 Å². The fourth-order valence-electron chi connectivity index (χ4n) is 7.56. The molecule has 0 radical (unpaired) electrons. The van der Waals surface area contributed by atoms with Crippen LogP contribution >= 0.6 is 23.2 Å². The molecule has 1 saturated carbocycles. The molecule has 2 aromatic heterocycles. The second kappa shape index (κ2) is 15.4. The van der Waals surface area contributed by atoms with Gasteiger partial charge in [0.05, 0.1) is 37.0 Å². The van der Waals surface area contributed by atoms with E-state index >= 15 is 0 Å². The van der Waals surface area contributed by atoms with Crippen LogP contribution in [0.4, 0.5) is 0 Å². The van der Waals surface area contributed by atoms with E-state index < -0.39 is 5.97 Å². The second-order valence-electron chi connectivity index (χ2n) is 13.7. The average Bonchev–Trinajstić information content (AvgIpc) is 3.76. The molecule has 0 spiro atoms. The van der Waals surface area contributed by atoms with E-state index in [2.05, 4.69) is 27.3 Å². The molecule has 3 N–H and O–H groups in total. The van der Waals surface area contributed by atoms with Gasteiger partial charge in [-0.15, -0.1) is 0 Å². The first kappa shape index (κ1) is 35.5. The van der Waals surface area contributed by atoms with Gasteiger partial charge in [-0.25, -0.2) is 4.98 Å². The Hall–Kier alpha value is -3.93. The Morgan fingerprint density at radius 1 is 0.941 bits per heavy atom. The number of carboxylic acid groups (broad SMARTS) is 1. The average molecular weight is 734 g/mol. The summed E-state index contributed by atoms with van der Waals surface area (Å²) in [5.74, 6) is 0.626. The third kappa shape index (κ3) is 7.52. The summed E-state index contributed by atoms with van der Waals surface area (Å²) in [4.78, 5) is 23.0. The topological polar surface area (TPSA) is 126 Å². The minimum Gasteiger partial charge on any atom is -0.481 e.